The quantitative estimate of drug-likeness (QED) is 0.919. The van der Waals surface area contributed by atoms with E-state index in [-0.39, 0.29) is 5.82 Å². The lowest BCUT2D eigenvalue weighted by Crippen LogP contribution is -2.26. The number of hydrogen-bond donors (Lipinski definition) is 1. The molecule has 0 atom stereocenters. The van der Waals surface area contributed by atoms with Crippen LogP contribution in [-0.4, -0.2) is 11.1 Å². The molecule has 0 fully saturated rings. The molecule has 0 aliphatic carbocycles. The summed E-state index contributed by atoms with van der Waals surface area (Å²) in [6, 6.07) is 4.27. The Kier molecular flexibility index (Phi) is 3.50. The number of carboxylic acids is 1. The Balaban J connectivity index is 2.95. The Bertz CT molecular complexity index is 388. The molecule has 1 aromatic rings. The van der Waals surface area contributed by atoms with Crippen molar-refractivity contribution in [3.05, 3.63) is 34.1 Å². The predicted octanol–water partition coefficient (Wildman–Crippen LogP) is 3.24. The molecule has 0 heterocycles. The molecule has 4 heteroatoms. The van der Waals surface area contributed by atoms with Gasteiger partial charge in [0, 0.05) is 4.47 Å². The summed E-state index contributed by atoms with van der Waals surface area (Å²) in [5, 5.41) is 8.96. The summed E-state index contributed by atoms with van der Waals surface area (Å²) in [4.78, 5) is 10.9. The first-order valence-electron chi connectivity index (χ1n) is 4.50. The van der Waals surface area contributed by atoms with Gasteiger partial charge in [-0.3, -0.25) is 4.79 Å². The van der Waals surface area contributed by atoms with E-state index < -0.39 is 11.4 Å². The Morgan fingerprint density at radius 3 is 2.60 bits per heavy atom. The van der Waals surface area contributed by atoms with E-state index in [2.05, 4.69) is 15.9 Å². The van der Waals surface area contributed by atoms with Crippen molar-refractivity contribution in [2.75, 3.05) is 0 Å². The topological polar surface area (TPSA) is 37.3 Å². The van der Waals surface area contributed by atoms with Crippen LogP contribution in [0.5, 0.6) is 0 Å². The van der Waals surface area contributed by atoms with Gasteiger partial charge in [0.25, 0.3) is 0 Å². The van der Waals surface area contributed by atoms with Crippen molar-refractivity contribution in [2.45, 2.75) is 20.3 Å². The molecule has 0 unspecified atom stereocenters. The molecule has 0 spiro atoms. The van der Waals surface area contributed by atoms with Gasteiger partial charge in [-0.1, -0.05) is 22.0 Å². The Hall–Kier alpha value is -0.900. The highest BCUT2D eigenvalue weighted by Crippen LogP contribution is 2.27. The molecule has 0 amide bonds. The number of carbonyl (C=O) groups is 1. The second-order valence-electron chi connectivity index (χ2n) is 4.10. The maximum Gasteiger partial charge on any atom is 0.309 e. The smallest absolute Gasteiger partial charge is 0.309 e. The van der Waals surface area contributed by atoms with Crippen LogP contribution in [0.2, 0.25) is 0 Å². The van der Waals surface area contributed by atoms with Crippen molar-refractivity contribution < 1.29 is 14.3 Å². The monoisotopic (exact) mass is 274 g/mol. The number of aliphatic carboxylic acids is 1. The lowest BCUT2D eigenvalue weighted by molar-refractivity contribution is -0.146. The number of halogens is 2. The number of benzene rings is 1. The summed E-state index contributed by atoms with van der Waals surface area (Å²) < 4.78 is 13.4. The van der Waals surface area contributed by atoms with Gasteiger partial charge in [0.2, 0.25) is 0 Å². The molecule has 1 aromatic carbocycles. The van der Waals surface area contributed by atoms with Gasteiger partial charge >= 0.3 is 5.97 Å². The van der Waals surface area contributed by atoms with Crippen LogP contribution in [0.1, 0.15) is 19.4 Å². The van der Waals surface area contributed by atoms with Gasteiger partial charge in [0.15, 0.2) is 0 Å². The zero-order valence-corrected chi connectivity index (χ0v) is 10.1. The van der Waals surface area contributed by atoms with E-state index in [0.29, 0.717) is 10.9 Å². The first-order valence-corrected chi connectivity index (χ1v) is 5.29. The molecular formula is C11H12BrFO2. The van der Waals surface area contributed by atoms with E-state index in [1.807, 2.05) is 0 Å². The third kappa shape index (κ3) is 3.02. The van der Waals surface area contributed by atoms with Crippen molar-refractivity contribution in [3.63, 3.8) is 0 Å². The van der Waals surface area contributed by atoms with Crippen LogP contribution in [0.25, 0.3) is 0 Å². The minimum absolute atomic E-state index is 0.334. The molecule has 0 aromatic heterocycles. The average Bonchev–Trinajstić information content (AvgIpc) is 2.09. The minimum atomic E-state index is -0.862. The van der Waals surface area contributed by atoms with Crippen LogP contribution >= 0.6 is 15.9 Å². The molecule has 0 aliphatic rings. The summed E-state index contributed by atoms with van der Waals surface area (Å²) in [6.07, 6.45) is 0.364. The van der Waals surface area contributed by atoms with Crippen LogP contribution in [0, 0.1) is 11.2 Å². The van der Waals surface area contributed by atoms with Crippen molar-refractivity contribution in [1.29, 1.82) is 0 Å². The summed E-state index contributed by atoms with van der Waals surface area (Å²) in [5.41, 5.74) is -0.0517. The van der Waals surface area contributed by atoms with Crippen molar-refractivity contribution in [3.8, 4) is 0 Å². The Morgan fingerprint density at radius 1 is 1.53 bits per heavy atom. The van der Waals surface area contributed by atoms with Crippen LogP contribution < -0.4 is 0 Å². The first-order chi connectivity index (χ1) is 6.83. The molecule has 15 heavy (non-hydrogen) atoms. The van der Waals surface area contributed by atoms with Gasteiger partial charge in [-0.05, 0) is 38.0 Å². The highest BCUT2D eigenvalue weighted by molar-refractivity contribution is 9.10. The summed E-state index contributed by atoms with van der Waals surface area (Å²) in [7, 11) is 0. The zero-order valence-electron chi connectivity index (χ0n) is 8.55. The van der Waals surface area contributed by atoms with Crippen LogP contribution in [0.4, 0.5) is 4.39 Å². The lowest BCUT2D eigenvalue weighted by Gasteiger charge is -2.19. The maximum atomic E-state index is 12.8. The van der Waals surface area contributed by atoms with E-state index in [1.54, 1.807) is 19.9 Å². The normalized spacial score (nSPS) is 11.5. The van der Waals surface area contributed by atoms with E-state index in [0.717, 1.165) is 5.56 Å². The van der Waals surface area contributed by atoms with E-state index in [9.17, 15) is 9.18 Å². The molecule has 82 valence electrons. The lowest BCUT2D eigenvalue weighted by atomic mass is 9.86. The van der Waals surface area contributed by atoms with E-state index >= 15 is 0 Å². The predicted molar refractivity (Wildman–Crippen MR) is 59.2 cm³/mol. The molecular weight excluding hydrogens is 263 g/mol. The van der Waals surface area contributed by atoms with E-state index in [1.165, 1.54) is 12.1 Å². The van der Waals surface area contributed by atoms with Gasteiger partial charge in [0.1, 0.15) is 5.82 Å². The summed E-state index contributed by atoms with van der Waals surface area (Å²) in [5.74, 6) is -1.20. The van der Waals surface area contributed by atoms with Crippen LogP contribution in [0.3, 0.4) is 0 Å². The Morgan fingerprint density at radius 2 is 2.13 bits per heavy atom. The van der Waals surface area contributed by atoms with Crippen LogP contribution in [0.15, 0.2) is 22.7 Å². The largest absolute Gasteiger partial charge is 0.481 e. The third-order valence-corrected chi connectivity index (χ3v) is 2.96. The molecule has 0 bridgehead atoms. The summed E-state index contributed by atoms with van der Waals surface area (Å²) in [6.45, 7) is 3.29. The van der Waals surface area contributed by atoms with Gasteiger partial charge in [0.05, 0.1) is 5.41 Å². The van der Waals surface area contributed by atoms with E-state index in [4.69, 9.17) is 5.11 Å². The number of carboxylic acid groups (broad SMARTS) is 1. The third-order valence-electron chi connectivity index (χ3n) is 2.23. The number of rotatable bonds is 3. The fourth-order valence-corrected chi connectivity index (χ4v) is 1.71. The van der Waals surface area contributed by atoms with Crippen LogP contribution in [-0.2, 0) is 11.2 Å². The molecule has 0 radical (unpaired) electrons. The molecule has 0 saturated heterocycles. The first kappa shape index (κ1) is 12.2. The fraction of sp³-hybridized carbons (Fsp3) is 0.364. The highest BCUT2D eigenvalue weighted by atomic mass is 79.9. The molecule has 1 N–H and O–H groups in total. The molecule has 0 saturated carbocycles. The van der Waals surface area contributed by atoms with Crippen molar-refractivity contribution in [1.82, 2.24) is 0 Å². The van der Waals surface area contributed by atoms with Gasteiger partial charge < -0.3 is 5.11 Å². The summed E-state index contributed by atoms with van der Waals surface area (Å²) >= 11 is 3.22. The second kappa shape index (κ2) is 4.31. The van der Waals surface area contributed by atoms with Gasteiger partial charge in [-0.25, -0.2) is 4.39 Å². The Labute approximate surface area is 96.2 Å². The average molecular weight is 275 g/mol. The van der Waals surface area contributed by atoms with Crippen molar-refractivity contribution >= 4 is 21.9 Å². The van der Waals surface area contributed by atoms with Gasteiger partial charge in [-0.15, -0.1) is 0 Å². The molecule has 1 rings (SSSR count). The van der Waals surface area contributed by atoms with Gasteiger partial charge in [-0.2, -0.15) is 0 Å². The second-order valence-corrected chi connectivity index (χ2v) is 4.96. The zero-order chi connectivity index (χ0) is 11.6. The fourth-order valence-electron chi connectivity index (χ4n) is 1.22. The number of hydrogen-bond acceptors (Lipinski definition) is 1. The highest BCUT2D eigenvalue weighted by Gasteiger charge is 2.28. The SMILES string of the molecule is CC(C)(Cc1ccc(F)cc1Br)C(=O)O. The maximum absolute atomic E-state index is 12.8. The molecule has 2 nitrogen and oxygen atoms in total. The van der Waals surface area contributed by atoms with Crippen molar-refractivity contribution in [2.24, 2.45) is 5.41 Å². The standard InChI is InChI=1S/C11H12BrFO2/c1-11(2,10(14)15)6-7-3-4-8(13)5-9(7)12/h3-5H,6H2,1-2H3,(H,14,15). The molecule has 0 aliphatic heterocycles. The minimum Gasteiger partial charge on any atom is -0.481 e.